The van der Waals surface area contributed by atoms with Gasteiger partial charge in [-0.25, -0.2) is 0 Å². The van der Waals surface area contributed by atoms with Gasteiger partial charge in [-0.2, -0.15) is 0 Å². The van der Waals surface area contributed by atoms with Gasteiger partial charge in [0.25, 0.3) is 0 Å². The summed E-state index contributed by atoms with van der Waals surface area (Å²) in [4.78, 5) is 0. The Hall–Kier alpha value is -2.04. The Morgan fingerprint density at radius 2 is 1.35 bits per heavy atom. The van der Waals surface area contributed by atoms with Gasteiger partial charge >= 0.3 is 0 Å². The molecule has 0 aromatic heterocycles. The van der Waals surface area contributed by atoms with Crippen molar-refractivity contribution in [3.63, 3.8) is 0 Å². The Labute approximate surface area is 156 Å². The second-order valence-electron chi connectivity index (χ2n) is 7.10. The molecule has 2 aromatic carbocycles. The molecule has 0 aliphatic rings. The van der Waals surface area contributed by atoms with Crippen LogP contribution in [0.3, 0.4) is 0 Å². The summed E-state index contributed by atoms with van der Waals surface area (Å²) >= 11 is 0. The lowest BCUT2D eigenvalue weighted by molar-refractivity contribution is -0.0582. The predicted octanol–water partition coefficient (Wildman–Crippen LogP) is 3.63. The Bertz CT molecular complexity index is 660. The summed E-state index contributed by atoms with van der Waals surface area (Å²) in [5.41, 5.74) is 1.23. The Morgan fingerprint density at radius 1 is 0.885 bits per heavy atom. The average Bonchev–Trinajstić information content (AvgIpc) is 2.65. The minimum absolute atomic E-state index is 0.255. The number of hydrogen-bond acceptors (Lipinski definition) is 4. The standard InChI is InChI=1S/C22H30O4/c1-16(23)21(15-18-7-11-20(26-4)12-8-18)22(2,24)14-13-17-5-9-19(25-3)10-6-17/h5-12,16,21,23-24H,13-15H2,1-4H3. The summed E-state index contributed by atoms with van der Waals surface area (Å²) in [6, 6.07) is 15.6. The van der Waals surface area contributed by atoms with Crippen molar-refractivity contribution in [1.82, 2.24) is 0 Å². The van der Waals surface area contributed by atoms with Crippen LogP contribution in [0.15, 0.2) is 48.5 Å². The van der Waals surface area contributed by atoms with Crippen molar-refractivity contribution in [3.8, 4) is 11.5 Å². The highest BCUT2D eigenvalue weighted by Gasteiger charge is 2.34. The van der Waals surface area contributed by atoms with Crippen molar-refractivity contribution in [1.29, 1.82) is 0 Å². The molecular weight excluding hydrogens is 328 g/mol. The van der Waals surface area contributed by atoms with E-state index < -0.39 is 11.7 Å². The number of aliphatic hydroxyl groups excluding tert-OH is 1. The summed E-state index contributed by atoms with van der Waals surface area (Å²) in [6.45, 7) is 3.56. The third-order valence-corrected chi connectivity index (χ3v) is 5.07. The molecule has 0 heterocycles. The van der Waals surface area contributed by atoms with Gasteiger partial charge < -0.3 is 19.7 Å². The van der Waals surface area contributed by atoms with Crippen molar-refractivity contribution in [2.75, 3.05) is 14.2 Å². The van der Waals surface area contributed by atoms with Gasteiger partial charge in [0.1, 0.15) is 11.5 Å². The highest BCUT2D eigenvalue weighted by molar-refractivity contribution is 5.28. The Kier molecular flexibility index (Phi) is 7.06. The summed E-state index contributed by atoms with van der Waals surface area (Å²) in [5.74, 6) is 1.37. The molecule has 2 rings (SSSR count). The van der Waals surface area contributed by atoms with Crippen molar-refractivity contribution in [2.24, 2.45) is 5.92 Å². The maximum atomic E-state index is 11.1. The van der Waals surface area contributed by atoms with Crippen LogP contribution in [-0.2, 0) is 12.8 Å². The summed E-state index contributed by atoms with van der Waals surface area (Å²) in [7, 11) is 3.28. The smallest absolute Gasteiger partial charge is 0.118 e. The molecule has 0 fully saturated rings. The minimum atomic E-state index is -0.978. The van der Waals surface area contributed by atoms with E-state index in [4.69, 9.17) is 9.47 Å². The van der Waals surface area contributed by atoms with Crippen LogP contribution in [0.5, 0.6) is 11.5 Å². The third kappa shape index (κ3) is 5.48. The molecule has 3 atom stereocenters. The fourth-order valence-electron chi connectivity index (χ4n) is 3.30. The lowest BCUT2D eigenvalue weighted by Crippen LogP contribution is -2.42. The van der Waals surface area contributed by atoms with Crippen molar-refractivity contribution >= 4 is 0 Å². The fourth-order valence-corrected chi connectivity index (χ4v) is 3.30. The second-order valence-corrected chi connectivity index (χ2v) is 7.10. The lowest BCUT2D eigenvalue weighted by Gasteiger charge is -2.35. The van der Waals surface area contributed by atoms with Crippen LogP contribution in [0.4, 0.5) is 0 Å². The van der Waals surface area contributed by atoms with E-state index in [-0.39, 0.29) is 5.92 Å². The van der Waals surface area contributed by atoms with E-state index in [0.29, 0.717) is 12.8 Å². The molecule has 4 nitrogen and oxygen atoms in total. The van der Waals surface area contributed by atoms with Crippen LogP contribution in [0.2, 0.25) is 0 Å². The molecule has 0 aliphatic carbocycles. The van der Waals surface area contributed by atoms with Gasteiger partial charge in [0.2, 0.25) is 0 Å². The van der Waals surface area contributed by atoms with E-state index in [1.165, 1.54) is 0 Å². The third-order valence-electron chi connectivity index (χ3n) is 5.07. The highest BCUT2D eigenvalue weighted by Crippen LogP contribution is 2.30. The van der Waals surface area contributed by atoms with E-state index in [1.807, 2.05) is 55.5 Å². The molecule has 0 amide bonds. The highest BCUT2D eigenvalue weighted by atomic mass is 16.5. The van der Waals surface area contributed by atoms with Crippen LogP contribution in [0.1, 0.15) is 31.4 Å². The maximum Gasteiger partial charge on any atom is 0.118 e. The molecule has 0 bridgehead atoms. The number of hydrogen-bond donors (Lipinski definition) is 2. The Balaban J connectivity index is 2.04. The summed E-state index contributed by atoms with van der Waals surface area (Å²) < 4.78 is 10.4. The minimum Gasteiger partial charge on any atom is -0.497 e. The molecule has 2 aromatic rings. The van der Waals surface area contributed by atoms with E-state index in [9.17, 15) is 10.2 Å². The molecule has 0 radical (unpaired) electrons. The molecule has 0 saturated carbocycles. The molecule has 4 heteroatoms. The first-order valence-electron chi connectivity index (χ1n) is 9.02. The van der Waals surface area contributed by atoms with Gasteiger partial charge in [0, 0.05) is 5.92 Å². The zero-order chi connectivity index (χ0) is 19.2. The van der Waals surface area contributed by atoms with Gasteiger partial charge in [0.05, 0.1) is 25.9 Å². The monoisotopic (exact) mass is 358 g/mol. The fraction of sp³-hybridized carbons (Fsp3) is 0.455. The van der Waals surface area contributed by atoms with Gasteiger partial charge in [-0.1, -0.05) is 24.3 Å². The lowest BCUT2D eigenvalue weighted by atomic mass is 9.77. The zero-order valence-corrected chi connectivity index (χ0v) is 16.1. The molecule has 0 spiro atoms. The van der Waals surface area contributed by atoms with Crippen molar-refractivity contribution < 1.29 is 19.7 Å². The van der Waals surface area contributed by atoms with Gasteiger partial charge in [-0.3, -0.25) is 0 Å². The largest absolute Gasteiger partial charge is 0.497 e. The topological polar surface area (TPSA) is 58.9 Å². The molecule has 3 unspecified atom stereocenters. The van der Waals surface area contributed by atoms with Gasteiger partial charge in [-0.05, 0) is 68.5 Å². The van der Waals surface area contributed by atoms with Crippen molar-refractivity contribution in [2.45, 2.75) is 44.8 Å². The van der Waals surface area contributed by atoms with E-state index in [2.05, 4.69) is 0 Å². The molecular formula is C22H30O4. The quantitative estimate of drug-likeness (QED) is 0.719. The van der Waals surface area contributed by atoms with Gasteiger partial charge in [-0.15, -0.1) is 0 Å². The van der Waals surface area contributed by atoms with E-state index in [0.717, 1.165) is 29.0 Å². The maximum absolute atomic E-state index is 11.1. The molecule has 142 valence electrons. The van der Waals surface area contributed by atoms with Crippen LogP contribution < -0.4 is 9.47 Å². The van der Waals surface area contributed by atoms with E-state index in [1.54, 1.807) is 21.1 Å². The molecule has 0 saturated heterocycles. The van der Waals surface area contributed by atoms with Crippen LogP contribution in [0.25, 0.3) is 0 Å². The number of aliphatic hydroxyl groups is 2. The first-order chi connectivity index (χ1) is 12.4. The normalized spacial score (nSPS) is 15.8. The first-order valence-corrected chi connectivity index (χ1v) is 9.02. The molecule has 0 aliphatic heterocycles. The van der Waals surface area contributed by atoms with Gasteiger partial charge in [0.15, 0.2) is 0 Å². The van der Waals surface area contributed by atoms with Crippen LogP contribution in [-0.4, -0.2) is 36.1 Å². The second kappa shape index (κ2) is 9.06. The number of ether oxygens (including phenoxy) is 2. The SMILES string of the molecule is COc1ccc(CCC(C)(O)C(Cc2ccc(OC)cc2)C(C)O)cc1. The summed E-state index contributed by atoms with van der Waals surface area (Å²) in [5, 5.41) is 21.3. The number of aryl methyl sites for hydroxylation is 1. The van der Waals surface area contributed by atoms with E-state index >= 15 is 0 Å². The van der Waals surface area contributed by atoms with Crippen LogP contribution >= 0.6 is 0 Å². The zero-order valence-electron chi connectivity index (χ0n) is 16.1. The Morgan fingerprint density at radius 3 is 1.77 bits per heavy atom. The summed E-state index contributed by atoms with van der Waals surface area (Å²) in [6.07, 6.45) is 1.31. The molecule has 26 heavy (non-hydrogen) atoms. The average molecular weight is 358 g/mol. The number of methoxy groups -OCH3 is 2. The molecule has 2 N–H and O–H groups in total. The number of rotatable bonds is 9. The van der Waals surface area contributed by atoms with Crippen LogP contribution in [0, 0.1) is 5.92 Å². The number of benzene rings is 2. The van der Waals surface area contributed by atoms with Crippen molar-refractivity contribution in [3.05, 3.63) is 59.7 Å². The first kappa shape index (κ1) is 20.3. The predicted molar refractivity (Wildman–Crippen MR) is 104 cm³/mol.